The number of nitrogens with one attached hydrogen (secondary N) is 1. The van der Waals surface area contributed by atoms with E-state index in [9.17, 15) is 0 Å². The van der Waals surface area contributed by atoms with E-state index in [0.29, 0.717) is 0 Å². The number of hydrogen-bond donors (Lipinski definition) is 1. The molecule has 82 valence electrons. The molecule has 1 N–H and O–H groups in total. The zero-order valence-corrected chi connectivity index (χ0v) is 9.34. The first-order chi connectivity index (χ1) is 7.35. The molecule has 0 saturated carbocycles. The molecule has 0 spiro atoms. The molecule has 15 heavy (non-hydrogen) atoms. The van der Waals surface area contributed by atoms with E-state index in [1.807, 2.05) is 0 Å². The van der Waals surface area contributed by atoms with Crippen molar-refractivity contribution in [2.24, 2.45) is 0 Å². The summed E-state index contributed by atoms with van der Waals surface area (Å²) in [7, 11) is 1.68. The van der Waals surface area contributed by atoms with Crippen molar-refractivity contribution in [3.63, 3.8) is 0 Å². The number of aromatic nitrogens is 2. The molecule has 0 aromatic carbocycles. The highest BCUT2D eigenvalue weighted by atomic mass is 16.5. The van der Waals surface area contributed by atoms with Crippen molar-refractivity contribution in [2.45, 2.75) is 32.7 Å². The van der Waals surface area contributed by atoms with Gasteiger partial charge in [-0.2, -0.15) is 4.98 Å². The van der Waals surface area contributed by atoms with Crippen molar-refractivity contribution in [2.75, 3.05) is 13.7 Å². The maximum absolute atomic E-state index is 5.32. The van der Waals surface area contributed by atoms with Gasteiger partial charge in [0.2, 0.25) is 5.88 Å². The van der Waals surface area contributed by atoms with Gasteiger partial charge in [-0.25, -0.2) is 4.98 Å². The van der Waals surface area contributed by atoms with Crippen molar-refractivity contribution >= 4 is 0 Å². The van der Waals surface area contributed by atoms with Crippen LogP contribution >= 0.6 is 0 Å². The normalized spacial score (nSPS) is 14.8. The van der Waals surface area contributed by atoms with Crippen LogP contribution in [0, 0.1) is 0 Å². The monoisotopic (exact) mass is 207 g/mol. The van der Waals surface area contributed by atoms with Crippen molar-refractivity contribution in [3.8, 4) is 5.88 Å². The summed E-state index contributed by atoms with van der Waals surface area (Å²) in [4.78, 5) is 8.99. The van der Waals surface area contributed by atoms with Gasteiger partial charge in [0.15, 0.2) is 0 Å². The van der Waals surface area contributed by atoms with E-state index in [1.165, 1.54) is 5.56 Å². The molecule has 0 atom stereocenters. The van der Waals surface area contributed by atoms with Gasteiger partial charge in [0.05, 0.1) is 12.8 Å². The lowest BCUT2D eigenvalue weighted by atomic mass is 10.1. The lowest BCUT2D eigenvalue weighted by Gasteiger charge is -2.18. The second-order valence-electron chi connectivity index (χ2n) is 3.75. The summed E-state index contributed by atoms with van der Waals surface area (Å²) in [5.74, 6) is 1.67. The summed E-state index contributed by atoms with van der Waals surface area (Å²) in [5.41, 5.74) is 2.28. The van der Waals surface area contributed by atoms with Gasteiger partial charge in [-0.05, 0) is 19.4 Å². The number of nitrogens with zero attached hydrogens (tertiary/aromatic N) is 2. The average Bonchev–Trinajstić information content (AvgIpc) is 2.28. The Morgan fingerprint density at radius 3 is 3.00 bits per heavy atom. The Kier molecular flexibility index (Phi) is 3.16. The third-order valence-electron chi connectivity index (χ3n) is 2.61. The topological polar surface area (TPSA) is 47.0 Å². The highest BCUT2D eigenvalue weighted by Gasteiger charge is 2.17. The second kappa shape index (κ2) is 4.57. The van der Waals surface area contributed by atoms with E-state index < -0.39 is 0 Å². The molecular weight excluding hydrogens is 190 g/mol. The number of methoxy groups -OCH3 is 1. The molecule has 1 aliphatic heterocycles. The largest absolute Gasteiger partial charge is 0.481 e. The van der Waals surface area contributed by atoms with E-state index in [0.717, 1.165) is 49.8 Å². The Morgan fingerprint density at radius 2 is 2.27 bits per heavy atom. The highest BCUT2D eigenvalue weighted by molar-refractivity contribution is 5.33. The minimum atomic E-state index is 0.768. The zero-order valence-electron chi connectivity index (χ0n) is 9.34. The SMILES string of the molecule is CCCc1nc2c(c(OC)n1)CCNC2. The third-order valence-corrected chi connectivity index (χ3v) is 2.61. The number of rotatable bonds is 3. The van der Waals surface area contributed by atoms with E-state index >= 15 is 0 Å². The van der Waals surface area contributed by atoms with Crippen LogP contribution in [0.25, 0.3) is 0 Å². The molecule has 0 aliphatic carbocycles. The van der Waals surface area contributed by atoms with Gasteiger partial charge in [0.25, 0.3) is 0 Å². The van der Waals surface area contributed by atoms with Crippen LogP contribution in [-0.2, 0) is 19.4 Å². The number of hydrogen-bond acceptors (Lipinski definition) is 4. The van der Waals surface area contributed by atoms with Crippen LogP contribution < -0.4 is 10.1 Å². The summed E-state index contributed by atoms with van der Waals surface area (Å²) in [6.45, 7) is 3.96. The molecule has 0 radical (unpaired) electrons. The van der Waals surface area contributed by atoms with Crippen molar-refractivity contribution < 1.29 is 4.74 Å². The molecule has 4 heteroatoms. The quantitative estimate of drug-likeness (QED) is 0.805. The van der Waals surface area contributed by atoms with Crippen LogP contribution in [0.5, 0.6) is 5.88 Å². The van der Waals surface area contributed by atoms with Crippen LogP contribution in [0.3, 0.4) is 0 Å². The van der Waals surface area contributed by atoms with Crippen molar-refractivity contribution in [3.05, 3.63) is 17.1 Å². The molecule has 0 unspecified atom stereocenters. The Morgan fingerprint density at radius 1 is 1.40 bits per heavy atom. The molecular formula is C11H17N3O. The molecule has 2 rings (SSSR count). The zero-order chi connectivity index (χ0) is 10.7. The lowest BCUT2D eigenvalue weighted by Crippen LogP contribution is -2.26. The first kappa shape index (κ1) is 10.4. The summed E-state index contributed by atoms with van der Waals surface area (Å²) < 4.78 is 5.32. The van der Waals surface area contributed by atoms with Crippen LogP contribution in [0.15, 0.2) is 0 Å². The molecule has 0 amide bonds. The lowest BCUT2D eigenvalue weighted by molar-refractivity contribution is 0.383. The Balaban J connectivity index is 2.38. The Bertz CT molecular complexity index is 335. The van der Waals surface area contributed by atoms with Crippen molar-refractivity contribution in [1.29, 1.82) is 0 Å². The molecule has 0 bridgehead atoms. The second-order valence-corrected chi connectivity index (χ2v) is 3.75. The van der Waals surface area contributed by atoms with E-state index in [4.69, 9.17) is 4.74 Å². The fraction of sp³-hybridized carbons (Fsp3) is 0.636. The standard InChI is InChI=1S/C11H17N3O/c1-3-4-10-13-9-7-12-6-5-8(9)11(14-10)15-2/h12H,3-7H2,1-2H3. The molecule has 4 nitrogen and oxygen atoms in total. The summed E-state index contributed by atoms with van der Waals surface area (Å²) in [6, 6.07) is 0. The summed E-state index contributed by atoms with van der Waals surface area (Å²) in [6.07, 6.45) is 2.95. The minimum Gasteiger partial charge on any atom is -0.481 e. The summed E-state index contributed by atoms with van der Waals surface area (Å²) >= 11 is 0. The first-order valence-electron chi connectivity index (χ1n) is 5.48. The van der Waals surface area contributed by atoms with E-state index in [1.54, 1.807) is 7.11 Å². The van der Waals surface area contributed by atoms with Crippen LogP contribution in [0.4, 0.5) is 0 Å². The maximum atomic E-state index is 5.32. The van der Waals surface area contributed by atoms with Gasteiger partial charge in [-0.3, -0.25) is 0 Å². The average molecular weight is 207 g/mol. The van der Waals surface area contributed by atoms with Gasteiger partial charge < -0.3 is 10.1 Å². The molecule has 0 saturated heterocycles. The van der Waals surface area contributed by atoms with E-state index in [-0.39, 0.29) is 0 Å². The van der Waals surface area contributed by atoms with Gasteiger partial charge in [-0.1, -0.05) is 6.92 Å². The number of ether oxygens (including phenoxy) is 1. The Hall–Kier alpha value is -1.16. The molecule has 0 fully saturated rings. The maximum Gasteiger partial charge on any atom is 0.219 e. The predicted molar refractivity (Wildman–Crippen MR) is 58.0 cm³/mol. The van der Waals surface area contributed by atoms with Crippen LogP contribution in [-0.4, -0.2) is 23.6 Å². The Labute approximate surface area is 90.1 Å². The van der Waals surface area contributed by atoms with Gasteiger partial charge >= 0.3 is 0 Å². The third kappa shape index (κ3) is 2.09. The predicted octanol–water partition coefficient (Wildman–Crippen LogP) is 1.08. The van der Waals surface area contributed by atoms with Crippen molar-refractivity contribution in [1.82, 2.24) is 15.3 Å². The molecule has 1 aromatic rings. The highest BCUT2D eigenvalue weighted by Crippen LogP contribution is 2.22. The minimum absolute atomic E-state index is 0.768. The van der Waals surface area contributed by atoms with Gasteiger partial charge in [-0.15, -0.1) is 0 Å². The van der Waals surface area contributed by atoms with Crippen LogP contribution in [0.2, 0.25) is 0 Å². The molecule has 1 aromatic heterocycles. The smallest absolute Gasteiger partial charge is 0.219 e. The fourth-order valence-electron chi connectivity index (χ4n) is 1.88. The first-order valence-corrected chi connectivity index (χ1v) is 5.48. The number of fused-ring (bicyclic) bond motifs is 1. The van der Waals surface area contributed by atoms with Gasteiger partial charge in [0, 0.05) is 18.5 Å². The number of aryl methyl sites for hydroxylation is 1. The molecule has 2 heterocycles. The fourth-order valence-corrected chi connectivity index (χ4v) is 1.88. The molecule has 1 aliphatic rings. The van der Waals surface area contributed by atoms with E-state index in [2.05, 4.69) is 22.2 Å². The van der Waals surface area contributed by atoms with Gasteiger partial charge in [0.1, 0.15) is 5.82 Å². The summed E-state index contributed by atoms with van der Waals surface area (Å²) in [5, 5.41) is 3.32. The van der Waals surface area contributed by atoms with Crippen LogP contribution in [0.1, 0.15) is 30.4 Å².